The van der Waals surface area contributed by atoms with Gasteiger partial charge in [-0.3, -0.25) is 4.79 Å². The molecule has 2 aliphatic rings. The van der Waals surface area contributed by atoms with Gasteiger partial charge in [0.1, 0.15) is 5.70 Å². The number of nitrogen functional groups attached to an aromatic ring is 1. The van der Waals surface area contributed by atoms with Gasteiger partial charge in [-0.25, -0.2) is 9.97 Å². The number of primary amides is 1. The number of carbonyl (C=O) groups is 1. The topological polar surface area (TPSA) is 141 Å². The van der Waals surface area contributed by atoms with Crippen LogP contribution in [0.2, 0.25) is 0 Å². The van der Waals surface area contributed by atoms with Crippen molar-refractivity contribution in [3.63, 3.8) is 0 Å². The number of likely N-dealkylation sites (N-methyl/N-ethyl adjacent to an activating group) is 1. The summed E-state index contributed by atoms with van der Waals surface area (Å²) in [5.74, 6) is 0.165. The summed E-state index contributed by atoms with van der Waals surface area (Å²) in [7, 11) is 1.83. The van der Waals surface area contributed by atoms with Crippen molar-refractivity contribution in [2.24, 2.45) is 5.73 Å². The molecule has 3 aromatic rings. The van der Waals surface area contributed by atoms with Gasteiger partial charge in [0.05, 0.1) is 17.1 Å². The molecule has 9 nitrogen and oxygen atoms in total. The van der Waals surface area contributed by atoms with E-state index < -0.39 is 5.91 Å². The first kappa shape index (κ1) is 19.1. The first-order valence-corrected chi connectivity index (χ1v) is 10.3. The SMILES string of the molecule is CN1C(C(N)=O)=c2[nH]c3ccc(N)c(C=N)c3c2=CC1c1ccnc(N2CCCC2)n1. The summed E-state index contributed by atoms with van der Waals surface area (Å²) in [6.45, 7) is 1.89. The summed E-state index contributed by atoms with van der Waals surface area (Å²) in [5, 5.41) is 10.1. The largest absolute Gasteiger partial charge is 0.398 e. The van der Waals surface area contributed by atoms with E-state index in [9.17, 15) is 4.79 Å². The number of nitrogens with zero attached hydrogens (tertiary/aromatic N) is 4. The minimum absolute atomic E-state index is 0.321. The van der Waals surface area contributed by atoms with Gasteiger partial charge in [0.2, 0.25) is 5.95 Å². The molecule has 1 fully saturated rings. The molecule has 2 aromatic heterocycles. The lowest BCUT2D eigenvalue weighted by Crippen LogP contribution is -2.44. The predicted molar refractivity (Wildman–Crippen MR) is 121 cm³/mol. The zero-order chi connectivity index (χ0) is 21.7. The number of rotatable bonds is 4. The summed E-state index contributed by atoms with van der Waals surface area (Å²) in [6.07, 6.45) is 7.31. The van der Waals surface area contributed by atoms with Crippen LogP contribution in [0.15, 0.2) is 24.4 Å². The zero-order valence-corrected chi connectivity index (χ0v) is 17.2. The van der Waals surface area contributed by atoms with Crippen molar-refractivity contribution in [1.82, 2.24) is 19.9 Å². The quantitative estimate of drug-likeness (QED) is 0.354. The highest BCUT2D eigenvalue weighted by atomic mass is 16.1. The fourth-order valence-electron chi connectivity index (χ4n) is 4.63. The fourth-order valence-corrected chi connectivity index (χ4v) is 4.63. The minimum atomic E-state index is -0.536. The van der Waals surface area contributed by atoms with Gasteiger partial charge in [-0.2, -0.15) is 0 Å². The van der Waals surface area contributed by atoms with Gasteiger partial charge in [0.15, 0.2) is 0 Å². The Balaban J connectivity index is 1.77. The summed E-state index contributed by atoms with van der Waals surface area (Å²) in [6, 6.07) is 5.15. The summed E-state index contributed by atoms with van der Waals surface area (Å²) < 4.78 is 0. The third-order valence-corrected chi connectivity index (χ3v) is 6.14. The van der Waals surface area contributed by atoms with E-state index in [1.54, 1.807) is 12.3 Å². The van der Waals surface area contributed by atoms with Crippen LogP contribution >= 0.6 is 0 Å². The van der Waals surface area contributed by atoms with Crippen molar-refractivity contribution < 1.29 is 4.79 Å². The Morgan fingerprint density at radius 2 is 2.06 bits per heavy atom. The molecule has 1 saturated heterocycles. The summed E-state index contributed by atoms with van der Waals surface area (Å²) >= 11 is 0. The molecule has 0 aliphatic carbocycles. The van der Waals surface area contributed by atoms with Crippen molar-refractivity contribution in [2.45, 2.75) is 18.9 Å². The number of anilines is 2. The number of aromatic nitrogens is 3. The van der Waals surface area contributed by atoms with E-state index in [-0.39, 0.29) is 6.04 Å². The van der Waals surface area contributed by atoms with Crippen molar-refractivity contribution in [2.75, 3.05) is 30.8 Å². The number of fused-ring (bicyclic) bond motifs is 3. The molecule has 2 aliphatic heterocycles. The Hall–Kier alpha value is -3.88. The number of amides is 1. The molecule has 1 aromatic carbocycles. The number of hydrogen-bond acceptors (Lipinski definition) is 7. The number of nitrogens with two attached hydrogens (primary N) is 2. The number of hydrogen-bond donors (Lipinski definition) is 4. The van der Waals surface area contributed by atoms with Crippen LogP contribution in [0.1, 0.15) is 30.1 Å². The van der Waals surface area contributed by atoms with Crippen LogP contribution < -0.4 is 26.9 Å². The van der Waals surface area contributed by atoms with E-state index in [1.807, 2.05) is 30.2 Å². The Labute approximate surface area is 178 Å². The molecule has 0 radical (unpaired) electrons. The van der Waals surface area contributed by atoms with Crippen LogP contribution in [-0.2, 0) is 4.79 Å². The standard InChI is InChI=1S/C22H24N8O/c1-29-17(15-6-7-26-22(28-15)30-8-2-3-9-30)10-12-18-13(11-23)14(24)4-5-16(18)27-19(12)20(29)21(25)31/h4-7,10-11,17,23,27H,2-3,8-9,24H2,1H3,(H2,25,31). The van der Waals surface area contributed by atoms with Crippen LogP contribution in [0, 0.1) is 5.41 Å². The summed E-state index contributed by atoms with van der Waals surface area (Å²) in [5.41, 5.74) is 15.0. The average molecular weight is 416 g/mol. The maximum absolute atomic E-state index is 12.5. The predicted octanol–water partition coefficient (Wildman–Crippen LogP) is 0.199. The molecule has 1 amide bonds. The van der Waals surface area contributed by atoms with Gasteiger partial charge < -0.3 is 31.7 Å². The molecule has 1 unspecified atom stereocenters. The highest BCUT2D eigenvalue weighted by molar-refractivity contribution is 6.13. The molecule has 0 bridgehead atoms. The van der Waals surface area contributed by atoms with Gasteiger partial charge in [-0.15, -0.1) is 0 Å². The smallest absolute Gasteiger partial charge is 0.267 e. The van der Waals surface area contributed by atoms with Gasteiger partial charge >= 0.3 is 0 Å². The lowest BCUT2D eigenvalue weighted by Gasteiger charge is -2.30. The molecule has 0 spiro atoms. The third kappa shape index (κ3) is 2.92. The van der Waals surface area contributed by atoms with Gasteiger partial charge in [-0.1, -0.05) is 0 Å². The second-order valence-corrected chi connectivity index (χ2v) is 7.96. The minimum Gasteiger partial charge on any atom is -0.398 e. The maximum atomic E-state index is 12.5. The molecule has 6 N–H and O–H groups in total. The normalized spacial score (nSPS) is 18.2. The number of carbonyl (C=O) groups excluding carboxylic acids is 1. The van der Waals surface area contributed by atoms with E-state index >= 15 is 0 Å². The molecular weight excluding hydrogens is 392 g/mol. The van der Waals surface area contributed by atoms with Crippen LogP contribution in [0.3, 0.4) is 0 Å². The van der Waals surface area contributed by atoms with E-state index in [4.69, 9.17) is 21.9 Å². The molecule has 1 atom stereocenters. The Morgan fingerprint density at radius 3 is 2.77 bits per heavy atom. The molecular formula is C22H24N8O. The molecule has 5 rings (SSSR count). The second kappa shape index (κ2) is 7.12. The molecule has 9 heteroatoms. The van der Waals surface area contributed by atoms with Crippen molar-refractivity contribution in [3.8, 4) is 0 Å². The van der Waals surface area contributed by atoms with Crippen LogP contribution in [0.4, 0.5) is 11.6 Å². The van der Waals surface area contributed by atoms with Crippen molar-refractivity contribution >= 4 is 46.4 Å². The zero-order valence-electron chi connectivity index (χ0n) is 17.2. The van der Waals surface area contributed by atoms with Gasteiger partial charge in [0.25, 0.3) is 5.91 Å². The van der Waals surface area contributed by atoms with E-state index in [1.165, 1.54) is 6.21 Å². The van der Waals surface area contributed by atoms with Gasteiger partial charge in [0, 0.05) is 59.9 Å². The number of aromatic amines is 1. The van der Waals surface area contributed by atoms with Crippen molar-refractivity contribution in [3.05, 3.63) is 46.2 Å². The van der Waals surface area contributed by atoms with E-state index in [0.717, 1.165) is 47.7 Å². The van der Waals surface area contributed by atoms with E-state index in [0.29, 0.717) is 28.2 Å². The molecule has 4 heterocycles. The number of benzene rings is 1. The maximum Gasteiger partial charge on any atom is 0.267 e. The third-order valence-electron chi connectivity index (χ3n) is 6.14. The number of H-pyrrole nitrogens is 1. The Bertz CT molecular complexity index is 1340. The molecule has 0 saturated carbocycles. The average Bonchev–Trinajstić information content (AvgIpc) is 3.41. The monoisotopic (exact) mass is 416 g/mol. The molecule has 158 valence electrons. The highest BCUT2D eigenvalue weighted by Crippen LogP contribution is 2.28. The lowest BCUT2D eigenvalue weighted by molar-refractivity contribution is -0.113. The van der Waals surface area contributed by atoms with Crippen LogP contribution in [0.25, 0.3) is 22.7 Å². The van der Waals surface area contributed by atoms with Crippen LogP contribution in [0.5, 0.6) is 0 Å². The first-order valence-electron chi connectivity index (χ1n) is 10.3. The summed E-state index contributed by atoms with van der Waals surface area (Å²) in [4.78, 5) is 29.1. The first-order chi connectivity index (χ1) is 15.0. The Morgan fingerprint density at radius 1 is 1.29 bits per heavy atom. The van der Waals surface area contributed by atoms with Crippen molar-refractivity contribution in [1.29, 1.82) is 5.41 Å². The highest BCUT2D eigenvalue weighted by Gasteiger charge is 2.28. The second-order valence-electron chi connectivity index (χ2n) is 7.96. The lowest BCUT2D eigenvalue weighted by atomic mass is 10.0. The van der Waals surface area contributed by atoms with E-state index in [2.05, 4.69) is 14.9 Å². The fraction of sp³-hybridized carbons (Fsp3) is 0.273. The number of nitrogens with one attached hydrogen (secondary N) is 2. The van der Waals surface area contributed by atoms with Gasteiger partial charge in [-0.05, 0) is 37.1 Å². The Kier molecular flexibility index (Phi) is 4.39. The van der Waals surface area contributed by atoms with Crippen LogP contribution in [-0.4, -0.2) is 52.1 Å². The molecule has 31 heavy (non-hydrogen) atoms.